The van der Waals surface area contributed by atoms with Crippen molar-refractivity contribution in [2.45, 2.75) is 26.4 Å². The highest BCUT2D eigenvalue weighted by molar-refractivity contribution is 5.94. The second-order valence-corrected chi connectivity index (χ2v) is 7.17. The van der Waals surface area contributed by atoms with Gasteiger partial charge in [-0.05, 0) is 55.2 Å². The Kier molecular flexibility index (Phi) is 5.63. The Labute approximate surface area is 173 Å². The third-order valence-corrected chi connectivity index (χ3v) is 5.15. The highest BCUT2D eigenvalue weighted by atomic mass is 16.7. The van der Waals surface area contributed by atoms with Crippen LogP contribution in [0.1, 0.15) is 30.9 Å². The van der Waals surface area contributed by atoms with E-state index in [0.29, 0.717) is 59.5 Å². The van der Waals surface area contributed by atoms with Gasteiger partial charge in [0.2, 0.25) is 6.79 Å². The van der Waals surface area contributed by atoms with Crippen molar-refractivity contribution in [3.8, 4) is 11.5 Å². The van der Waals surface area contributed by atoms with Gasteiger partial charge in [0.25, 0.3) is 0 Å². The quantitative estimate of drug-likeness (QED) is 0.452. The standard InChI is InChI=1S/C23H24N2O5/c1-14(21-22(25)16-5-2-3-7-18(16)30-23(21)26)17(24)6-4-10-27-12-15-8-9-19-20(11-15)29-13-28-19/h2-3,5,7-9,11H,4,6,10,12-13,24-25H2,1H3/b17-14-. The summed E-state index contributed by atoms with van der Waals surface area (Å²) in [6, 6.07) is 12.9. The van der Waals surface area contributed by atoms with Crippen molar-refractivity contribution in [3.05, 3.63) is 69.7 Å². The minimum Gasteiger partial charge on any atom is -0.454 e. The van der Waals surface area contributed by atoms with Crippen LogP contribution in [0, 0.1) is 0 Å². The molecule has 0 radical (unpaired) electrons. The molecule has 0 saturated heterocycles. The number of benzene rings is 2. The number of rotatable bonds is 7. The lowest BCUT2D eigenvalue weighted by Gasteiger charge is -2.11. The smallest absolute Gasteiger partial charge is 0.346 e. The lowest BCUT2D eigenvalue weighted by atomic mass is 10.0. The lowest BCUT2D eigenvalue weighted by molar-refractivity contribution is 0.118. The predicted molar refractivity (Wildman–Crippen MR) is 115 cm³/mol. The van der Waals surface area contributed by atoms with E-state index in [1.807, 2.05) is 30.3 Å². The molecule has 0 fully saturated rings. The molecule has 0 bridgehead atoms. The van der Waals surface area contributed by atoms with Crippen molar-refractivity contribution >= 4 is 22.2 Å². The number of ether oxygens (including phenoxy) is 3. The number of para-hydroxylation sites is 1. The van der Waals surface area contributed by atoms with Crippen molar-refractivity contribution < 1.29 is 18.6 Å². The Morgan fingerprint density at radius 1 is 1.13 bits per heavy atom. The average molecular weight is 408 g/mol. The van der Waals surface area contributed by atoms with Crippen LogP contribution < -0.4 is 26.6 Å². The molecule has 1 aromatic heterocycles. The molecule has 0 saturated carbocycles. The zero-order valence-electron chi connectivity index (χ0n) is 16.8. The van der Waals surface area contributed by atoms with E-state index >= 15 is 0 Å². The molecule has 4 N–H and O–H groups in total. The first-order valence-electron chi connectivity index (χ1n) is 9.78. The van der Waals surface area contributed by atoms with Crippen LogP contribution in [0.4, 0.5) is 5.69 Å². The van der Waals surface area contributed by atoms with Crippen LogP contribution in [-0.2, 0) is 11.3 Å². The number of allylic oxidation sites excluding steroid dienone is 2. The van der Waals surface area contributed by atoms with Gasteiger partial charge in [0, 0.05) is 17.7 Å². The van der Waals surface area contributed by atoms with Gasteiger partial charge in [-0.1, -0.05) is 18.2 Å². The van der Waals surface area contributed by atoms with E-state index in [-0.39, 0.29) is 6.79 Å². The Morgan fingerprint density at radius 3 is 2.80 bits per heavy atom. The molecular weight excluding hydrogens is 384 g/mol. The van der Waals surface area contributed by atoms with Crippen molar-refractivity contribution in [1.29, 1.82) is 0 Å². The fourth-order valence-corrected chi connectivity index (χ4v) is 3.46. The Bertz CT molecular complexity index is 1170. The monoisotopic (exact) mass is 408 g/mol. The van der Waals surface area contributed by atoms with Gasteiger partial charge in [-0.2, -0.15) is 0 Å². The summed E-state index contributed by atoms with van der Waals surface area (Å²) in [5, 5.41) is 0.700. The highest BCUT2D eigenvalue weighted by Crippen LogP contribution is 2.32. The maximum absolute atomic E-state index is 12.4. The first kappa shape index (κ1) is 19.8. The summed E-state index contributed by atoms with van der Waals surface area (Å²) in [5.74, 6) is 1.50. The Morgan fingerprint density at radius 2 is 1.93 bits per heavy atom. The van der Waals surface area contributed by atoms with E-state index in [2.05, 4.69) is 0 Å². The fourth-order valence-electron chi connectivity index (χ4n) is 3.46. The SMILES string of the molecule is C/C(=C(/N)CCCOCc1ccc2c(c1)OCO2)c1c(N)c2ccccc2oc1=O. The molecule has 2 heterocycles. The van der Waals surface area contributed by atoms with Gasteiger partial charge < -0.3 is 30.1 Å². The van der Waals surface area contributed by atoms with E-state index in [4.69, 9.17) is 30.1 Å². The van der Waals surface area contributed by atoms with E-state index in [1.54, 1.807) is 19.1 Å². The Hall–Kier alpha value is -3.45. The molecule has 0 unspecified atom stereocenters. The summed E-state index contributed by atoms with van der Waals surface area (Å²) < 4.78 is 21.8. The van der Waals surface area contributed by atoms with Gasteiger partial charge in [0.05, 0.1) is 17.9 Å². The first-order valence-corrected chi connectivity index (χ1v) is 9.78. The summed E-state index contributed by atoms with van der Waals surface area (Å²) >= 11 is 0. The third-order valence-electron chi connectivity index (χ3n) is 5.15. The summed E-state index contributed by atoms with van der Waals surface area (Å²) in [6.07, 6.45) is 1.30. The number of fused-ring (bicyclic) bond motifs is 2. The minimum atomic E-state index is -0.481. The second kappa shape index (κ2) is 8.51. The van der Waals surface area contributed by atoms with Gasteiger partial charge in [0.15, 0.2) is 11.5 Å². The van der Waals surface area contributed by atoms with Crippen molar-refractivity contribution in [2.75, 3.05) is 19.1 Å². The fraction of sp³-hybridized carbons (Fsp3) is 0.261. The molecular formula is C23H24N2O5. The molecule has 0 atom stereocenters. The normalized spacial score (nSPS) is 13.5. The van der Waals surface area contributed by atoms with Crippen molar-refractivity contribution in [1.82, 2.24) is 0 Å². The van der Waals surface area contributed by atoms with E-state index in [9.17, 15) is 4.79 Å². The van der Waals surface area contributed by atoms with Crippen LogP contribution in [0.25, 0.3) is 16.5 Å². The highest BCUT2D eigenvalue weighted by Gasteiger charge is 2.16. The summed E-state index contributed by atoms with van der Waals surface area (Å²) in [4.78, 5) is 12.4. The summed E-state index contributed by atoms with van der Waals surface area (Å²) in [5.41, 5.74) is 15.4. The summed E-state index contributed by atoms with van der Waals surface area (Å²) in [7, 11) is 0. The van der Waals surface area contributed by atoms with Gasteiger partial charge in [-0.15, -0.1) is 0 Å². The third kappa shape index (κ3) is 3.97. The molecule has 1 aliphatic heterocycles. The Balaban J connectivity index is 1.37. The van der Waals surface area contributed by atoms with Gasteiger partial charge in [-0.3, -0.25) is 0 Å². The van der Waals surface area contributed by atoms with Crippen LogP contribution in [0.2, 0.25) is 0 Å². The topological polar surface area (TPSA) is 110 Å². The summed E-state index contributed by atoms with van der Waals surface area (Å²) in [6.45, 7) is 3.05. The average Bonchev–Trinajstić information content (AvgIpc) is 3.21. The first-order chi connectivity index (χ1) is 14.5. The minimum absolute atomic E-state index is 0.255. The molecule has 3 aromatic rings. The van der Waals surface area contributed by atoms with Crippen molar-refractivity contribution in [3.63, 3.8) is 0 Å². The number of anilines is 1. The van der Waals surface area contributed by atoms with Crippen LogP contribution in [0.15, 0.2) is 57.4 Å². The molecule has 7 heteroatoms. The van der Waals surface area contributed by atoms with Crippen LogP contribution in [0.5, 0.6) is 11.5 Å². The van der Waals surface area contributed by atoms with Crippen LogP contribution >= 0.6 is 0 Å². The molecule has 4 rings (SSSR count). The molecule has 7 nitrogen and oxygen atoms in total. The van der Waals surface area contributed by atoms with Crippen LogP contribution in [-0.4, -0.2) is 13.4 Å². The van der Waals surface area contributed by atoms with E-state index in [0.717, 1.165) is 17.1 Å². The zero-order valence-corrected chi connectivity index (χ0v) is 16.8. The second-order valence-electron chi connectivity index (χ2n) is 7.17. The number of hydrogen-bond donors (Lipinski definition) is 2. The number of hydrogen-bond acceptors (Lipinski definition) is 7. The van der Waals surface area contributed by atoms with Crippen LogP contribution in [0.3, 0.4) is 0 Å². The van der Waals surface area contributed by atoms with E-state index in [1.165, 1.54) is 0 Å². The van der Waals surface area contributed by atoms with Gasteiger partial charge in [-0.25, -0.2) is 4.79 Å². The lowest BCUT2D eigenvalue weighted by Crippen LogP contribution is -2.13. The maximum atomic E-state index is 12.4. The zero-order chi connectivity index (χ0) is 21.1. The molecule has 156 valence electrons. The van der Waals surface area contributed by atoms with E-state index < -0.39 is 5.63 Å². The van der Waals surface area contributed by atoms with Gasteiger partial charge >= 0.3 is 5.63 Å². The molecule has 0 amide bonds. The maximum Gasteiger partial charge on any atom is 0.346 e. The largest absolute Gasteiger partial charge is 0.454 e. The molecule has 0 aliphatic carbocycles. The molecule has 30 heavy (non-hydrogen) atoms. The molecule has 1 aliphatic rings. The van der Waals surface area contributed by atoms with Gasteiger partial charge in [0.1, 0.15) is 5.58 Å². The number of nitrogens with two attached hydrogens (primary N) is 2. The molecule has 0 spiro atoms. The predicted octanol–water partition coefficient (Wildman–Crippen LogP) is 3.79. The molecule has 2 aromatic carbocycles. The van der Waals surface area contributed by atoms with Crippen molar-refractivity contribution in [2.24, 2.45) is 5.73 Å². The number of nitrogen functional groups attached to an aromatic ring is 1.